The molecule has 0 amide bonds. The van der Waals surface area contributed by atoms with Crippen LogP contribution in [0.4, 0.5) is 0 Å². The van der Waals surface area contributed by atoms with Crippen molar-refractivity contribution in [2.45, 2.75) is 0 Å². The maximum atomic E-state index is 4.53. The molecular weight excluding hydrogens is 665 g/mol. The summed E-state index contributed by atoms with van der Waals surface area (Å²) in [5.74, 6) is 0. The topological polar surface area (TPSA) is 21.6 Å². The van der Waals surface area contributed by atoms with E-state index >= 15 is 0 Å². The molecule has 0 rings (SSSR count). The fraction of sp³-hybridized carbons (Fsp3) is 0. The molecule has 0 aromatic rings. The van der Waals surface area contributed by atoms with Crippen molar-refractivity contribution in [3.05, 3.63) is 0 Å². The zero-order chi connectivity index (χ0) is 35.9. The molecule has 0 aliphatic rings. The van der Waals surface area contributed by atoms with Gasteiger partial charge >= 0.3 is 347 Å². The molecule has 0 aliphatic carbocycles. The van der Waals surface area contributed by atoms with Gasteiger partial charge in [-0.25, -0.2) is 0 Å². The SMILES string of the molecule is B=BB=BB=BB=BB=BB=BB=BB=BB=BB=BB=BB=BB=BB=BB=BB=BB=BB=BB=BB=BB=BB=BB=BB=NOI. The van der Waals surface area contributed by atoms with Crippen LogP contribution < -0.4 is 0 Å². The predicted octanol–water partition coefficient (Wildman–Crippen LogP) is -17.2. The Bertz CT molecular complexity index is 1570. The minimum atomic E-state index is 1.58. The Morgan fingerprint density at radius 2 is 0.380 bits per heavy atom. The van der Waals surface area contributed by atoms with Crippen molar-refractivity contribution < 1.29 is 3.17 Å². The summed E-state index contributed by atoms with van der Waals surface area (Å²) in [6, 6.07) is 0. The molecule has 0 heterocycles. The average Bonchev–Trinajstić information content (AvgIpc) is 3.13. The fourth-order valence-electron chi connectivity index (χ4n) is 2.88. The summed E-state index contributed by atoms with van der Waals surface area (Å²) >= 11 is 1.71. The van der Waals surface area contributed by atoms with Gasteiger partial charge in [0, 0.05) is 0 Å². The van der Waals surface area contributed by atoms with E-state index in [9.17, 15) is 0 Å². The summed E-state index contributed by atoms with van der Waals surface area (Å²) in [7, 11) is 3.62. The van der Waals surface area contributed by atoms with Gasteiger partial charge in [-0.15, -0.1) is 0 Å². The Balaban J connectivity index is 4.05. The molecular formula is HB47INO. The molecule has 0 radical (unpaired) electrons. The first-order chi connectivity index (χ1) is 24.9. The van der Waals surface area contributed by atoms with Crippen LogP contribution in [0.2, 0.25) is 0 Å². The van der Waals surface area contributed by atoms with E-state index in [2.05, 4.69) is 15.6 Å². The fourth-order valence-corrected chi connectivity index (χ4v) is 3.01. The van der Waals surface area contributed by atoms with Gasteiger partial charge in [-0.05, 0) is 0 Å². The molecule has 50 heteroatoms. The zero-order valence-electron chi connectivity index (χ0n) is 28.5. The molecule has 0 fully saturated rings. The first kappa shape index (κ1) is 53.4. The van der Waals surface area contributed by atoms with Crippen LogP contribution in [-0.2, 0) is 3.17 Å². The van der Waals surface area contributed by atoms with Crippen LogP contribution in [0.3, 0.4) is 0 Å². The third-order valence-electron chi connectivity index (χ3n) is 5.10. The van der Waals surface area contributed by atoms with E-state index in [1.165, 1.54) is 0 Å². The first-order valence-corrected chi connectivity index (χ1v) is 16.9. The Labute approximate surface area is 343 Å². The second-order valence-electron chi connectivity index (χ2n) is 9.03. The molecule has 50 heavy (non-hydrogen) atoms. The minimum absolute atomic E-state index is 1.58. The van der Waals surface area contributed by atoms with Crippen molar-refractivity contribution in [1.29, 1.82) is 0 Å². The van der Waals surface area contributed by atoms with Crippen molar-refractivity contribution in [3.8, 4) is 0 Å². The second kappa shape index (κ2) is 52.4. The summed E-state index contributed by atoms with van der Waals surface area (Å²) in [5.41, 5.74) is 0. The van der Waals surface area contributed by atoms with Crippen molar-refractivity contribution in [2.24, 2.45) is 5.06 Å². The second-order valence-corrected chi connectivity index (χ2v) is 9.42. The summed E-state index contributed by atoms with van der Waals surface area (Å²) in [6.45, 7) is 90.2. The van der Waals surface area contributed by atoms with E-state index in [0.29, 0.717) is 0 Å². The Morgan fingerprint density at radius 3 is 0.520 bits per heavy atom. The van der Waals surface area contributed by atoms with Gasteiger partial charge in [0.05, 0.1) is 0 Å². The van der Waals surface area contributed by atoms with Crippen LogP contribution >= 0.6 is 23.0 Å². The quantitative estimate of drug-likeness (QED) is 0.0571. The molecule has 0 aromatic heterocycles. The molecule has 0 unspecified atom stereocenters. The Hall–Kier alpha value is 3.38. The number of hydrogen-bond donors (Lipinski definition) is 0. The monoisotopic (exact) mass is 675 g/mol. The van der Waals surface area contributed by atoms with Crippen molar-refractivity contribution in [3.63, 3.8) is 0 Å². The predicted molar refractivity (Wildman–Crippen MR) is 289 cm³/mol. The molecule has 0 aromatic carbocycles. The van der Waals surface area contributed by atoms with Gasteiger partial charge in [0.2, 0.25) is 0 Å². The van der Waals surface area contributed by atoms with Gasteiger partial charge in [-0.1, -0.05) is 0 Å². The van der Waals surface area contributed by atoms with Crippen LogP contribution in [0.1, 0.15) is 0 Å². The molecule has 0 saturated carbocycles. The van der Waals surface area contributed by atoms with Crippen LogP contribution in [0, 0.1) is 0 Å². The summed E-state index contributed by atoms with van der Waals surface area (Å²) in [6.07, 6.45) is 0. The maximum absolute atomic E-state index is 4.53. The van der Waals surface area contributed by atoms with Gasteiger partial charge in [0.15, 0.2) is 0 Å². The van der Waals surface area contributed by atoms with E-state index in [1.807, 2.05) is 288 Å². The van der Waals surface area contributed by atoms with E-state index in [1.54, 1.807) is 43.4 Å². The van der Waals surface area contributed by atoms with Gasteiger partial charge in [0.25, 0.3) is 0 Å². The zero-order valence-corrected chi connectivity index (χ0v) is 30.7. The van der Waals surface area contributed by atoms with E-state index in [0.717, 1.165) is 0 Å². The number of halogens is 1. The van der Waals surface area contributed by atoms with Crippen LogP contribution in [-0.4, -0.2) is 315 Å². The summed E-state index contributed by atoms with van der Waals surface area (Å²) in [4.78, 5) is 0. The molecule has 0 saturated heterocycles. The van der Waals surface area contributed by atoms with Crippen LogP contribution in [0.25, 0.3) is 0 Å². The molecule has 0 aliphatic heterocycles. The van der Waals surface area contributed by atoms with Gasteiger partial charge in [0.1, 0.15) is 0 Å². The Kier molecular flexibility index (Phi) is 55.9. The van der Waals surface area contributed by atoms with Gasteiger partial charge < -0.3 is 0 Å². The van der Waals surface area contributed by atoms with E-state index in [-0.39, 0.29) is 0 Å². The normalized spacial score (nSPS) is 7.84. The average molecular weight is 666 g/mol. The molecule has 160 valence electrons. The van der Waals surface area contributed by atoms with Crippen molar-refractivity contribution in [1.82, 2.24) is 0 Å². The third kappa shape index (κ3) is 51.4. The Morgan fingerprint density at radius 1 is 0.240 bits per heavy atom. The first-order valence-electron chi connectivity index (χ1n) is 16.0. The molecule has 2 nitrogen and oxygen atoms in total. The molecule has 0 bridgehead atoms. The number of nitrogens with zero attached hydrogens (tertiary/aromatic N) is 1. The van der Waals surface area contributed by atoms with E-state index < -0.39 is 0 Å². The molecule has 0 atom stereocenters. The standard InChI is InChI=1S/B47HINO/c1-2-3-4-5-6-7-8-9-10-11-12-13-14-15-16-17-18-19-20-21-22-23-24-25-26-27-28-29-30-31-32-33-34-35-36-37-38-39-40-41-42-43-44-45-46-47-49-50-48/h1H. The summed E-state index contributed by atoms with van der Waals surface area (Å²) < 4.78 is 4.53. The van der Waals surface area contributed by atoms with Gasteiger partial charge in [-0.2, -0.15) is 0 Å². The summed E-state index contributed by atoms with van der Waals surface area (Å²) in [5, 5.41) is 3.60. The van der Waals surface area contributed by atoms with Crippen molar-refractivity contribution >= 4 is 339 Å². The van der Waals surface area contributed by atoms with Crippen molar-refractivity contribution in [2.75, 3.05) is 0 Å². The van der Waals surface area contributed by atoms with Gasteiger partial charge in [-0.3, -0.25) is 0 Å². The van der Waals surface area contributed by atoms with Crippen LogP contribution in [0.15, 0.2) is 5.06 Å². The van der Waals surface area contributed by atoms with Crippen LogP contribution in [0.5, 0.6) is 0 Å². The molecule has 0 spiro atoms. The molecule has 0 N–H and O–H groups in total. The number of hydrogen-bond acceptors (Lipinski definition) is 2. The third-order valence-corrected chi connectivity index (χ3v) is 5.33. The number of rotatable bonds is 24. The van der Waals surface area contributed by atoms with E-state index in [4.69, 9.17) is 0 Å².